The Hall–Kier alpha value is -1.06. The molecular weight excluding hydrogens is 320 g/mol. The molecule has 24 heavy (non-hydrogen) atoms. The van der Waals surface area contributed by atoms with Crippen LogP contribution in [0, 0.1) is 0 Å². The number of nitrogens with zero attached hydrogens (tertiary/aromatic N) is 1. The van der Waals surface area contributed by atoms with E-state index >= 15 is 0 Å². The van der Waals surface area contributed by atoms with Crippen LogP contribution in [0.25, 0.3) is 0 Å². The minimum atomic E-state index is 0.124. The second-order valence-corrected chi connectivity index (χ2v) is 7.85. The standard InChI is InChI=1S/C20H29ClN2O/c21-18-9-7-17(8-10-18)15-19(24)22-16-20(11-3-1-4-12-20)23-13-5-2-6-14-23/h7-10H,1-6,11-16H2,(H,22,24). The van der Waals surface area contributed by atoms with Gasteiger partial charge in [-0.15, -0.1) is 0 Å². The Morgan fingerprint density at radius 2 is 1.62 bits per heavy atom. The fourth-order valence-corrected chi connectivity index (χ4v) is 4.42. The molecule has 1 N–H and O–H groups in total. The van der Waals surface area contributed by atoms with E-state index in [1.54, 1.807) is 0 Å². The van der Waals surface area contributed by atoms with Gasteiger partial charge in [0, 0.05) is 17.1 Å². The summed E-state index contributed by atoms with van der Waals surface area (Å²) in [5.74, 6) is 0.124. The lowest BCUT2D eigenvalue weighted by molar-refractivity contribution is -0.121. The molecular formula is C20H29ClN2O. The van der Waals surface area contributed by atoms with Crippen molar-refractivity contribution in [2.45, 2.75) is 63.3 Å². The van der Waals surface area contributed by atoms with Crippen molar-refractivity contribution in [3.8, 4) is 0 Å². The van der Waals surface area contributed by atoms with Gasteiger partial charge in [0.25, 0.3) is 0 Å². The number of likely N-dealkylation sites (tertiary alicyclic amines) is 1. The van der Waals surface area contributed by atoms with Crippen LogP contribution < -0.4 is 5.32 Å². The van der Waals surface area contributed by atoms with Crippen LogP contribution in [-0.2, 0) is 11.2 Å². The second kappa shape index (κ2) is 8.35. The molecule has 2 aliphatic rings. The summed E-state index contributed by atoms with van der Waals surface area (Å²) in [6.45, 7) is 3.21. The fraction of sp³-hybridized carbons (Fsp3) is 0.650. The maximum atomic E-state index is 12.4. The molecule has 0 atom stereocenters. The van der Waals surface area contributed by atoms with E-state index in [9.17, 15) is 4.79 Å². The lowest BCUT2D eigenvalue weighted by atomic mass is 9.79. The largest absolute Gasteiger partial charge is 0.354 e. The third kappa shape index (κ3) is 4.52. The number of hydrogen-bond donors (Lipinski definition) is 1. The van der Waals surface area contributed by atoms with E-state index in [-0.39, 0.29) is 11.4 Å². The van der Waals surface area contributed by atoms with Crippen LogP contribution in [-0.4, -0.2) is 36.0 Å². The van der Waals surface area contributed by atoms with E-state index in [4.69, 9.17) is 11.6 Å². The molecule has 0 spiro atoms. The van der Waals surface area contributed by atoms with Crippen LogP contribution in [0.2, 0.25) is 5.02 Å². The van der Waals surface area contributed by atoms with Gasteiger partial charge in [0.1, 0.15) is 0 Å². The number of hydrogen-bond acceptors (Lipinski definition) is 2. The molecule has 3 rings (SSSR count). The van der Waals surface area contributed by atoms with E-state index in [1.807, 2.05) is 24.3 Å². The SMILES string of the molecule is O=C(Cc1ccc(Cl)cc1)NCC1(N2CCCCC2)CCCCC1. The van der Waals surface area contributed by atoms with E-state index < -0.39 is 0 Å². The van der Waals surface area contributed by atoms with Gasteiger partial charge in [-0.3, -0.25) is 9.69 Å². The predicted molar refractivity (Wildman–Crippen MR) is 99.4 cm³/mol. The molecule has 1 heterocycles. The summed E-state index contributed by atoms with van der Waals surface area (Å²) >= 11 is 5.91. The summed E-state index contributed by atoms with van der Waals surface area (Å²) < 4.78 is 0. The molecule has 1 saturated carbocycles. The van der Waals surface area contributed by atoms with Crippen LogP contribution in [0.3, 0.4) is 0 Å². The van der Waals surface area contributed by atoms with E-state index in [1.165, 1.54) is 64.5 Å². The zero-order valence-electron chi connectivity index (χ0n) is 14.5. The molecule has 3 nitrogen and oxygen atoms in total. The molecule has 1 saturated heterocycles. The van der Waals surface area contributed by atoms with E-state index in [2.05, 4.69) is 10.2 Å². The van der Waals surface area contributed by atoms with Crippen LogP contribution in [0.4, 0.5) is 0 Å². The van der Waals surface area contributed by atoms with Crippen LogP contribution in [0.15, 0.2) is 24.3 Å². The molecule has 4 heteroatoms. The molecule has 0 aromatic heterocycles. The predicted octanol–water partition coefficient (Wildman–Crippen LogP) is 4.19. The van der Waals surface area contributed by atoms with Crippen LogP contribution in [0.5, 0.6) is 0 Å². The Morgan fingerprint density at radius 1 is 1.00 bits per heavy atom. The highest BCUT2D eigenvalue weighted by molar-refractivity contribution is 6.30. The molecule has 0 unspecified atom stereocenters. The summed E-state index contributed by atoms with van der Waals surface area (Å²) in [4.78, 5) is 15.1. The molecule has 0 bridgehead atoms. The Kier molecular flexibility index (Phi) is 6.18. The van der Waals surface area contributed by atoms with Gasteiger partial charge >= 0.3 is 0 Å². The smallest absolute Gasteiger partial charge is 0.224 e. The fourth-order valence-electron chi connectivity index (χ4n) is 4.30. The number of carbonyl (C=O) groups is 1. The number of benzene rings is 1. The third-order valence-electron chi connectivity index (χ3n) is 5.70. The Balaban J connectivity index is 1.58. The first kappa shape index (κ1) is 17.8. The molecule has 132 valence electrons. The van der Waals surface area contributed by atoms with Crippen LogP contribution in [0.1, 0.15) is 56.9 Å². The maximum Gasteiger partial charge on any atom is 0.224 e. The lowest BCUT2D eigenvalue weighted by Gasteiger charge is -2.48. The van der Waals surface area contributed by atoms with Crippen molar-refractivity contribution < 1.29 is 4.79 Å². The zero-order chi connectivity index (χ0) is 16.8. The normalized spacial score (nSPS) is 21.4. The zero-order valence-corrected chi connectivity index (χ0v) is 15.3. The van der Waals surface area contributed by atoms with Crippen molar-refractivity contribution in [1.82, 2.24) is 10.2 Å². The first-order valence-corrected chi connectivity index (χ1v) is 9.82. The molecule has 1 aliphatic heterocycles. The number of carbonyl (C=O) groups excluding carboxylic acids is 1. The van der Waals surface area contributed by atoms with Crippen molar-refractivity contribution in [2.24, 2.45) is 0 Å². The van der Waals surface area contributed by atoms with Crippen molar-refractivity contribution in [2.75, 3.05) is 19.6 Å². The Morgan fingerprint density at radius 3 is 2.29 bits per heavy atom. The average Bonchev–Trinajstić information content (AvgIpc) is 2.63. The average molecular weight is 349 g/mol. The van der Waals surface area contributed by atoms with Gasteiger partial charge in [0.15, 0.2) is 0 Å². The molecule has 1 aliphatic carbocycles. The summed E-state index contributed by atoms with van der Waals surface area (Å²) in [5.41, 5.74) is 1.22. The number of piperidine rings is 1. The lowest BCUT2D eigenvalue weighted by Crippen LogP contribution is -2.58. The number of amides is 1. The molecule has 1 aromatic carbocycles. The van der Waals surface area contributed by atoms with Gasteiger partial charge < -0.3 is 5.32 Å². The maximum absolute atomic E-state index is 12.4. The van der Waals surface area contributed by atoms with E-state index in [0.717, 1.165) is 12.1 Å². The van der Waals surface area contributed by atoms with Gasteiger partial charge in [-0.25, -0.2) is 0 Å². The van der Waals surface area contributed by atoms with Gasteiger partial charge in [0.05, 0.1) is 6.42 Å². The first-order chi connectivity index (χ1) is 11.7. The van der Waals surface area contributed by atoms with Crippen molar-refractivity contribution in [1.29, 1.82) is 0 Å². The van der Waals surface area contributed by atoms with Crippen LogP contribution >= 0.6 is 11.6 Å². The summed E-state index contributed by atoms with van der Waals surface area (Å²) in [5, 5.41) is 3.95. The molecule has 1 aromatic rings. The van der Waals surface area contributed by atoms with Gasteiger partial charge in [-0.05, 0) is 56.5 Å². The highest BCUT2D eigenvalue weighted by Crippen LogP contribution is 2.35. The highest BCUT2D eigenvalue weighted by Gasteiger charge is 2.38. The topological polar surface area (TPSA) is 32.3 Å². The number of rotatable bonds is 5. The Labute approximate surface area is 150 Å². The molecule has 2 fully saturated rings. The Bertz CT molecular complexity index is 531. The number of nitrogens with one attached hydrogen (secondary N) is 1. The first-order valence-electron chi connectivity index (χ1n) is 9.44. The third-order valence-corrected chi connectivity index (χ3v) is 5.96. The quantitative estimate of drug-likeness (QED) is 0.865. The summed E-state index contributed by atoms with van der Waals surface area (Å²) in [7, 11) is 0. The second-order valence-electron chi connectivity index (χ2n) is 7.41. The summed E-state index contributed by atoms with van der Waals surface area (Å²) in [6.07, 6.45) is 10.8. The number of halogens is 1. The van der Waals surface area contributed by atoms with E-state index in [0.29, 0.717) is 11.4 Å². The summed E-state index contributed by atoms with van der Waals surface area (Å²) in [6, 6.07) is 7.56. The van der Waals surface area contributed by atoms with Crippen molar-refractivity contribution >= 4 is 17.5 Å². The highest BCUT2D eigenvalue weighted by atomic mass is 35.5. The minimum absolute atomic E-state index is 0.124. The van der Waals surface area contributed by atoms with Gasteiger partial charge in [0.2, 0.25) is 5.91 Å². The van der Waals surface area contributed by atoms with Gasteiger partial charge in [-0.1, -0.05) is 49.4 Å². The molecule has 1 amide bonds. The monoisotopic (exact) mass is 348 g/mol. The minimum Gasteiger partial charge on any atom is -0.354 e. The van der Waals surface area contributed by atoms with Gasteiger partial charge in [-0.2, -0.15) is 0 Å². The van der Waals surface area contributed by atoms with Crippen molar-refractivity contribution in [3.05, 3.63) is 34.9 Å². The molecule has 0 radical (unpaired) electrons. The van der Waals surface area contributed by atoms with Crippen molar-refractivity contribution in [3.63, 3.8) is 0 Å².